The van der Waals surface area contributed by atoms with Crippen LogP contribution >= 0.6 is 0 Å². The van der Waals surface area contributed by atoms with E-state index in [0.717, 1.165) is 5.56 Å². The second kappa shape index (κ2) is 8.35. The van der Waals surface area contributed by atoms with E-state index in [4.69, 9.17) is 9.47 Å². The maximum Gasteiger partial charge on any atom is 0.264 e. The van der Waals surface area contributed by atoms with Crippen LogP contribution in [0.5, 0.6) is 11.5 Å². The molecule has 146 valence electrons. The Morgan fingerprint density at radius 3 is 1.79 bits per heavy atom. The highest BCUT2D eigenvalue weighted by molar-refractivity contribution is 7.92. The Hall–Kier alpha value is -2.99. The molecule has 0 N–H and O–H groups in total. The van der Waals surface area contributed by atoms with Gasteiger partial charge in [-0.05, 0) is 24.6 Å². The normalized spacial score (nSPS) is 12.2. The molecule has 0 amide bonds. The average Bonchev–Trinajstić information content (AvgIpc) is 2.74. The fourth-order valence-electron chi connectivity index (χ4n) is 3.06. The second-order valence-electron chi connectivity index (χ2n) is 6.27. The molecule has 0 heterocycles. The maximum atomic E-state index is 13.6. The zero-order chi connectivity index (χ0) is 20.1. The predicted molar refractivity (Wildman–Crippen MR) is 111 cm³/mol. The molecule has 3 aromatic rings. The summed E-state index contributed by atoms with van der Waals surface area (Å²) in [5, 5.41) is 0. The first-order chi connectivity index (χ1) is 13.5. The molecule has 0 saturated heterocycles. The lowest BCUT2D eigenvalue weighted by Gasteiger charge is -2.31. The average molecular weight is 397 g/mol. The summed E-state index contributed by atoms with van der Waals surface area (Å²) in [6, 6.07) is 22.6. The fraction of sp³-hybridized carbons (Fsp3) is 0.182. The molecule has 3 aromatic carbocycles. The molecule has 1 atom stereocenters. The van der Waals surface area contributed by atoms with Crippen LogP contribution in [0.2, 0.25) is 0 Å². The summed E-state index contributed by atoms with van der Waals surface area (Å²) >= 11 is 0. The smallest absolute Gasteiger partial charge is 0.264 e. The van der Waals surface area contributed by atoms with Crippen molar-refractivity contribution < 1.29 is 17.9 Å². The third-order valence-corrected chi connectivity index (χ3v) is 6.44. The molecule has 0 aliphatic rings. The molecule has 0 radical (unpaired) electrons. The van der Waals surface area contributed by atoms with Crippen molar-refractivity contribution in [1.82, 2.24) is 0 Å². The molecule has 0 spiro atoms. The summed E-state index contributed by atoms with van der Waals surface area (Å²) in [5.74, 6) is 1.03. The van der Waals surface area contributed by atoms with Gasteiger partial charge in [0.2, 0.25) is 0 Å². The standard InChI is InChI=1S/C22H23NO4S/c1-17(18-10-6-4-7-11-18)23(28(24,25)22-12-8-5-9-13-22)19-14-20(26-2)16-21(15-19)27-3/h4-17H,1-3H3. The van der Waals surface area contributed by atoms with Gasteiger partial charge in [0, 0.05) is 18.2 Å². The summed E-state index contributed by atoms with van der Waals surface area (Å²) < 4.78 is 39.3. The number of ether oxygens (including phenoxy) is 2. The first-order valence-corrected chi connectivity index (χ1v) is 10.3. The van der Waals surface area contributed by atoms with Gasteiger partial charge in [-0.25, -0.2) is 8.42 Å². The summed E-state index contributed by atoms with van der Waals surface area (Å²) in [4.78, 5) is 0.222. The summed E-state index contributed by atoms with van der Waals surface area (Å²) in [6.07, 6.45) is 0. The monoisotopic (exact) mass is 397 g/mol. The summed E-state index contributed by atoms with van der Waals surface area (Å²) in [5.41, 5.74) is 1.35. The summed E-state index contributed by atoms with van der Waals surface area (Å²) in [7, 11) is -0.755. The Labute approximate surface area is 166 Å². The van der Waals surface area contributed by atoms with Crippen LogP contribution in [0.3, 0.4) is 0 Å². The van der Waals surface area contributed by atoms with E-state index in [1.807, 2.05) is 37.3 Å². The topological polar surface area (TPSA) is 55.8 Å². The third kappa shape index (κ3) is 3.97. The van der Waals surface area contributed by atoms with E-state index in [-0.39, 0.29) is 4.90 Å². The zero-order valence-electron chi connectivity index (χ0n) is 16.1. The number of rotatable bonds is 7. The lowest BCUT2D eigenvalue weighted by Crippen LogP contribution is -2.33. The highest BCUT2D eigenvalue weighted by Gasteiger charge is 2.31. The van der Waals surface area contributed by atoms with Crippen molar-refractivity contribution in [2.45, 2.75) is 17.9 Å². The molecular weight excluding hydrogens is 374 g/mol. The molecule has 0 aliphatic carbocycles. The lowest BCUT2D eigenvalue weighted by atomic mass is 10.1. The Balaban J connectivity index is 2.21. The highest BCUT2D eigenvalue weighted by Crippen LogP contribution is 2.37. The van der Waals surface area contributed by atoms with Crippen LogP contribution in [0.25, 0.3) is 0 Å². The van der Waals surface area contributed by atoms with Crippen molar-refractivity contribution in [2.75, 3.05) is 18.5 Å². The lowest BCUT2D eigenvalue weighted by molar-refractivity contribution is 0.394. The van der Waals surface area contributed by atoms with Gasteiger partial charge in [0.15, 0.2) is 0 Å². The molecule has 3 rings (SSSR count). The number of hydrogen-bond donors (Lipinski definition) is 0. The zero-order valence-corrected chi connectivity index (χ0v) is 16.9. The van der Waals surface area contributed by atoms with Gasteiger partial charge in [0.1, 0.15) is 11.5 Å². The van der Waals surface area contributed by atoms with E-state index >= 15 is 0 Å². The number of benzene rings is 3. The first kappa shape index (κ1) is 19.8. The SMILES string of the molecule is COc1cc(OC)cc(N(C(C)c2ccccc2)S(=O)(=O)c2ccccc2)c1. The first-order valence-electron chi connectivity index (χ1n) is 8.85. The van der Waals surface area contributed by atoms with Crippen LogP contribution < -0.4 is 13.8 Å². The van der Waals surface area contributed by atoms with Gasteiger partial charge in [0.25, 0.3) is 10.0 Å². The minimum atomic E-state index is -3.83. The van der Waals surface area contributed by atoms with Gasteiger partial charge in [-0.3, -0.25) is 4.31 Å². The molecule has 5 nitrogen and oxygen atoms in total. The molecule has 0 fully saturated rings. The Morgan fingerprint density at radius 2 is 1.29 bits per heavy atom. The minimum Gasteiger partial charge on any atom is -0.497 e. The molecule has 0 bridgehead atoms. The van der Waals surface area contributed by atoms with Gasteiger partial charge in [-0.2, -0.15) is 0 Å². The molecule has 28 heavy (non-hydrogen) atoms. The van der Waals surface area contributed by atoms with Gasteiger partial charge in [-0.1, -0.05) is 48.5 Å². The molecule has 6 heteroatoms. The van der Waals surface area contributed by atoms with Crippen molar-refractivity contribution in [3.8, 4) is 11.5 Å². The quantitative estimate of drug-likeness (QED) is 0.582. The van der Waals surface area contributed by atoms with Crippen LogP contribution in [-0.2, 0) is 10.0 Å². The van der Waals surface area contributed by atoms with E-state index < -0.39 is 16.1 Å². The van der Waals surface area contributed by atoms with Crippen LogP contribution in [0.4, 0.5) is 5.69 Å². The molecule has 1 unspecified atom stereocenters. The van der Waals surface area contributed by atoms with E-state index in [9.17, 15) is 8.42 Å². The van der Waals surface area contributed by atoms with Crippen LogP contribution in [0.15, 0.2) is 83.8 Å². The maximum absolute atomic E-state index is 13.6. The Kier molecular flexibility index (Phi) is 5.90. The number of methoxy groups -OCH3 is 2. The van der Waals surface area contributed by atoms with Gasteiger partial charge in [0.05, 0.1) is 30.8 Å². The number of hydrogen-bond acceptors (Lipinski definition) is 4. The molecule has 0 aliphatic heterocycles. The van der Waals surface area contributed by atoms with Gasteiger partial charge >= 0.3 is 0 Å². The van der Waals surface area contributed by atoms with E-state index in [0.29, 0.717) is 17.2 Å². The fourth-order valence-corrected chi connectivity index (χ4v) is 4.71. The van der Waals surface area contributed by atoms with E-state index in [1.54, 1.807) is 48.5 Å². The third-order valence-electron chi connectivity index (χ3n) is 4.52. The Bertz CT molecular complexity index is 999. The van der Waals surface area contributed by atoms with Crippen LogP contribution in [-0.4, -0.2) is 22.6 Å². The molecular formula is C22H23NO4S. The highest BCUT2D eigenvalue weighted by atomic mass is 32.2. The van der Waals surface area contributed by atoms with Crippen molar-refractivity contribution in [3.63, 3.8) is 0 Å². The van der Waals surface area contributed by atoms with Crippen LogP contribution in [0.1, 0.15) is 18.5 Å². The number of sulfonamides is 1. The molecule has 0 saturated carbocycles. The van der Waals surface area contributed by atoms with Gasteiger partial charge in [-0.15, -0.1) is 0 Å². The molecule has 0 aromatic heterocycles. The largest absolute Gasteiger partial charge is 0.497 e. The van der Waals surface area contributed by atoms with Crippen molar-refractivity contribution >= 4 is 15.7 Å². The summed E-state index contributed by atoms with van der Waals surface area (Å²) in [6.45, 7) is 1.86. The van der Waals surface area contributed by atoms with Crippen molar-refractivity contribution in [3.05, 3.63) is 84.4 Å². The number of nitrogens with zero attached hydrogens (tertiary/aromatic N) is 1. The van der Waals surface area contributed by atoms with Crippen molar-refractivity contribution in [2.24, 2.45) is 0 Å². The van der Waals surface area contributed by atoms with Gasteiger partial charge < -0.3 is 9.47 Å². The number of anilines is 1. The minimum absolute atomic E-state index is 0.222. The van der Waals surface area contributed by atoms with E-state index in [2.05, 4.69) is 0 Å². The Morgan fingerprint density at radius 1 is 0.786 bits per heavy atom. The predicted octanol–water partition coefficient (Wildman–Crippen LogP) is 4.66. The second-order valence-corrected chi connectivity index (χ2v) is 8.09. The van der Waals surface area contributed by atoms with E-state index in [1.165, 1.54) is 18.5 Å². The van der Waals surface area contributed by atoms with Crippen LogP contribution in [0, 0.1) is 0 Å². The van der Waals surface area contributed by atoms with Crippen molar-refractivity contribution in [1.29, 1.82) is 0 Å².